The van der Waals surface area contributed by atoms with Crippen LogP contribution >= 0.6 is 0 Å². The van der Waals surface area contributed by atoms with Gasteiger partial charge in [-0.2, -0.15) is 0 Å². The zero-order valence-corrected chi connectivity index (χ0v) is 10.7. The molecule has 0 spiro atoms. The van der Waals surface area contributed by atoms with Crippen LogP contribution in [-0.2, 0) is 4.74 Å². The van der Waals surface area contributed by atoms with E-state index in [0.29, 0.717) is 5.82 Å². The maximum Gasteiger partial charge on any atom is 0.415 e. The maximum atomic E-state index is 11.8. The van der Waals surface area contributed by atoms with Gasteiger partial charge in [-0.15, -0.1) is 0 Å². The fraction of sp³-hybridized carbons (Fsp3) is 0.385. The SMILES string of the molecule is C=Cc1ccc(N(C)C(=O)OC(C)(C)C)nc1. The number of ether oxygens (including phenoxy) is 1. The van der Waals surface area contributed by atoms with Gasteiger partial charge in [0.1, 0.15) is 11.4 Å². The molecule has 92 valence electrons. The molecule has 0 atom stereocenters. The fourth-order valence-corrected chi connectivity index (χ4v) is 1.14. The second kappa shape index (κ2) is 4.99. The van der Waals surface area contributed by atoms with E-state index in [4.69, 9.17) is 4.74 Å². The van der Waals surface area contributed by atoms with Crippen LogP contribution in [0.4, 0.5) is 10.6 Å². The molecule has 0 aliphatic carbocycles. The summed E-state index contributed by atoms with van der Waals surface area (Å²) in [5.41, 5.74) is 0.401. The summed E-state index contributed by atoms with van der Waals surface area (Å²) in [6, 6.07) is 3.59. The lowest BCUT2D eigenvalue weighted by Gasteiger charge is -2.24. The van der Waals surface area contributed by atoms with Crippen LogP contribution in [0.1, 0.15) is 26.3 Å². The van der Waals surface area contributed by atoms with E-state index in [0.717, 1.165) is 5.56 Å². The predicted octanol–water partition coefficient (Wildman–Crippen LogP) is 3.10. The Balaban J connectivity index is 2.78. The number of hydrogen-bond donors (Lipinski definition) is 0. The van der Waals surface area contributed by atoms with Crippen molar-refractivity contribution in [2.24, 2.45) is 0 Å². The minimum Gasteiger partial charge on any atom is -0.443 e. The van der Waals surface area contributed by atoms with Gasteiger partial charge in [-0.05, 0) is 38.5 Å². The van der Waals surface area contributed by atoms with Crippen molar-refractivity contribution < 1.29 is 9.53 Å². The molecule has 0 aromatic carbocycles. The van der Waals surface area contributed by atoms with Crippen LogP contribution in [0.2, 0.25) is 0 Å². The molecular formula is C13H18N2O2. The molecule has 0 fully saturated rings. The van der Waals surface area contributed by atoms with Gasteiger partial charge in [0.05, 0.1) is 0 Å². The molecule has 4 nitrogen and oxygen atoms in total. The van der Waals surface area contributed by atoms with E-state index in [2.05, 4.69) is 11.6 Å². The lowest BCUT2D eigenvalue weighted by molar-refractivity contribution is 0.0588. The van der Waals surface area contributed by atoms with Crippen LogP contribution in [0.5, 0.6) is 0 Å². The third kappa shape index (κ3) is 3.90. The van der Waals surface area contributed by atoms with Gasteiger partial charge >= 0.3 is 6.09 Å². The Bertz CT molecular complexity index is 404. The number of amides is 1. The van der Waals surface area contributed by atoms with Crippen molar-refractivity contribution in [2.75, 3.05) is 11.9 Å². The van der Waals surface area contributed by atoms with Gasteiger partial charge < -0.3 is 4.74 Å². The topological polar surface area (TPSA) is 42.4 Å². The summed E-state index contributed by atoms with van der Waals surface area (Å²) < 4.78 is 5.24. The first-order valence-corrected chi connectivity index (χ1v) is 5.38. The molecule has 1 aromatic heterocycles. The number of pyridine rings is 1. The number of nitrogens with zero attached hydrogens (tertiary/aromatic N) is 2. The van der Waals surface area contributed by atoms with Crippen molar-refractivity contribution in [2.45, 2.75) is 26.4 Å². The summed E-state index contributed by atoms with van der Waals surface area (Å²) in [5, 5.41) is 0. The van der Waals surface area contributed by atoms with Crippen LogP contribution in [0.25, 0.3) is 6.08 Å². The van der Waals surface area contributed by atoms with Crippen LogP contribution < -0.4 is 4.90 Å². The molecule has 0 unspecified atom stereocenters. The molecular weight excluding hydrogens is 216 g/mol. The Morgan fingerprint density at radius 3 is 2.53 bits per heavy atom. The molecule has 0 N–H and O–H groups in total. The van der Waals surface area contributed by atoms with Crippen molar-refractivity contribution >= 4 is 18.0 Å². The van der Waals surface area contributed by atoms with Gasteiger partial charge in [-0.1, -0.05) is 12.7 Å². The maximum absolute atomic E-state index is 11.8. The van der Waals surface area contributed by atoms with E-state index in [9.17, 15) is 4.79 Å². The van der Waals surface area contributed by atoms with Gasteiger partial charge in [0.15, 0.2) is 0 Å². The molecule has 1 amide bonds. The smallest absolute Gasteiger partial charge is 0.415 e. The van der Waals surface area contributed by atoms with Gasteiger partial charge in [0.25, 0.3) is 0 Å². The van der Waals surface area contributed by atoms with E-state index in [1.54, 1.807) is 25.4 Å². The highest BCUT2D eigenvalue weighted by atomic mass is 16.6. The highest BCUT2D eigenvalue weighted by Gasteiger charge is 2.20. The second-order valence-electron chi connectivity index (χ2n) is 4.69. The predicted molar refractivity (Wildman–Crippen MR) is 69.0 cm³/mol. The van der Waals surface area contributed by atoms with Crippen LogP contribution in [0, 0.1) is 0 Å². The Kier molecular flexibility index (Phi) is 3.89. The molecule has 1 heterocycles. The Hall–Kier alpha value is -1.84. The molecule has 0 saturated carbocycles. The first-order valence-electron chi connectivity index (χ1n) is 5.38. The van der Waals surface area contributed by atoms with Gasteiger partial charge in [-0.3, -0.25) is 4.90 Å². The summed E-state index contributed by atoms with van der Waals surface area (Å²) in [4.78, 5) is 17.3. The number of rotatable bonds is 2. The number of aromatic nitrogens is 1. The quantitative estimate of drug-likeness (QED) is 0.789. The highest BCUT2D eigenvalue weighted by molar-refractivity contribution is 5.86. The summed E-state index contributed by atoms with van der Waals surface area (Å²) in [6.07, 6.45) is 2.93. The zero-order chi connectivity index (χ0) is 13.1. The molecule has 0 bridgehead atoms. The van der Waals surface area contributed by atoms with Crippen LogP contribution in [-0.4, -0.2) is 23.7 Å². The molecule has 1 rings (SSSR count). The Morgan fingerprint density at radius 2 is 2.12 bits per heavy atom. The van der Waals surface area contributed by atoms with Gasteiger partial charge in [-0.25, -0.2) is 9.78 Å². The summed E-state index contributed by atoms with van der Waals surface area (Å²) in [5.74, 6) is 0.546. The minimum absolute atomic E-state index is 0.420. The number of carbonyl (C=O) groups is 1. The second-order valence-corrected chi connectivity index (χ2v) is 4.69. The molecule has 0 aliphatic heterocycles. The van der Waals surface area contributed by atoms with E-state index in [1.807, 2.05) is 26.8 Å². The monoisotopic (exact) mass is 234 g/mol. The molecule has 0 aliphatic rings. The van der Waals surface area contributed by atoms with Crippen molar-refractivity contribution in [3.8, 4) is 0 Å². The van der Waals surface area contributed by atoms with Gasteiger partial charge in [0.2, 0.25) is 0 Å². The summed E-state index contributed by atoms with van der Waals surface area (Å²) in [7, 11) is 1.63. The number of anilines is 1. The van der Waals surface area contributed by atoms with Crippen molar-refractivity contribution in [3.05, 3.63) is 30.5 Å². The molecule has 0 saturated heterocycles. The Labute approximate surface area is 102 Å². The minimum atomic E-state index is -0.508. The lowest BCUT2D eigenvalue weighted by Crippen LogP contribution is -2.34. The highest BCUT2D eigenvalue weighted by Crippen LogP contribution is 2.15. The molecule has 4 heteroatoms. The van der Waals surface area contributed by atoms with Crippen molar-refractivity contribution in [1.29, 1.82) is 0 Å². The lowest BCUT2D eigenvalue weighted by atomic mass is 10.2. The van der Waals surface area contributed by atoms with Crippen molar-refractivity contribution in [3.63, 3.8) is 0 Å². The van der Waals surface area contributed by atoms with E-state index < -0.39 is 11.7 Å². The summed E-state index contributed by atoms with van der Waals surface area (Å²) in [6.45, 7) is 9.12. The number of carbonyl (C=O) groups excluding carboxylic acids is 1. The first kappa shape index (κ1) is 13.2. The summed E-state index contributed by atoms with van der Waals surface area (Å²) >= 11 is 0. The van der Waals surface area contributed by atoms with E-state index in [1.165, 1.54) is 4.90 Å². The normalized spacial score (nSPS) is 10.8. The average Bonchev–Trinajstić information content (AvgIpc) is 2.26. The first-order chi connectivity index (χ1) is 7.83. The average molecular weight is 234 g/mol. The molecule has 1 aromatic rings. The third-order valence-corrected chi connectivity index (χ3v) is 2.02. The standard InChI is InChI=1S/C13H18N2O2/c1-6-10-7-8-11(14-9-10)15(5)12(16)17-13(2,3)4/h6-9H,1H2,2-5H3. The van der Waals surface area contributed by atoms with Crippen LogP contribution in [0.3, 0.4) is 0 Å². The van der Waals surface area contributed by atoms with Gasteiger partial charge in [0, 0.05) is 13.2 Å². The molecule has 17 heavy (non-hydrogen) atoms. The fourth-order valence-electron chi connectivity index (χ4n) is 1.14. The van der Waals surface area contributed by atoms with Crippen molar-refractivity contribution in [1.82, 2.24) is 4.98 Å². The van der Waals surface area contributed by atoms with E-state index >= 15 is 0 Å². The molecule has 0 radical (unpaired) electrons. The number of hydrogen-bond acceptors (Lipinski definition) is 3. The zero-order valence-electron chi connectivity index (χ0n) is 10.7. The third-order valence-electron chi connectivity index (χ3n) is 2.02. The largest absolute Gasteiger partial charge is 0.443 e. The Morgan fingerprint density at radius 1 is 1.47 bits per heavy atom. The van der Waals surface area contributed by atoms with Crippen LogP contribution in [0.15, 0.2) is 24.9 Å². The van der Waals surface area contributed by atoms with E-state index in [-0.39, 0.29) is 0 Å².